The number of aryl methyl sites for hydroxylation is 1. The van der Waals surface area contributed by atoms with Gasteiger partial charge >= 0.3 is 0 Å². The number of nitrogens with zero attached hydrogens (tertiary/aromatic N) is 3. The SMILES string of the molecule is COc1nc(-c2cccc(-c3cccc(NC(=O)c4ccnn(C)c4=O)c3Cl)c2Cl)ccc1CNC[C@H]1CCC(=O)N1. The molecule has 1 atom stereocenters. The van der Waals surface area contributed by atoms with E-state index in [0.29, 0.717) is 58.5 Å². The van der Waals surface area contributed by atoms with Gasteiger partial charge in [0.25, 0.3) is 11.5 Å². The normalized spacial score (nSPS) is 14.5. The molecule has 4 aromatic rings. The molecule has 2 amide bonds. The molecule has 3 heterocycles. The molecular weight excluding hydrogens is 579 g/mol. The van der Waals surface area contributed by atoms with Gasteiger partial charge in [-0.05, 0) is 24.6 Å². The Labute approximate surface area is 252 Å². The minimum absolute atomic E-state index is 0.0574. The predicted octanol–water partition coefficient (Wildman–Crippen LogP) is 4.45. The number of amides is 2. The van der Waals surface area contributed by atoms with Crippen LogP contribution in [-0.4, -0.2) is 46.3 Å². The van der Waals surface area contributed by atoms with Crippen LogP contribution >= 0.6 is 23.2 Å². The third-order valence-corrected chi connectivity index (χ3v) is 7.80. The van der Waals surface area contributed by atoms with Crippen molar-refractivity contribution in [2.24, 2.45) is 7.05 Å². The lowest BCUT2D eigenvalue weighted by molar-refractivity contribution is -0.119. The summed E-state index contributed by atoms with van der Waals surface area (Å²) < 4.78 is 6.66. The summed E-state index contributed by atoms with van der Waals surface area (Å²) in [6.45, 7) is 1.18. The molecule has 1 fully saturated rings. The fourth-order valence-electron chi connectivity index (χ4n) is 4.78. The van der Waals surface area contributed by atoms with Crippen LogP contribution in [0.1, 0.15) is 28.8 Å². The molecule has 216 valence electrons. The minimum Gasteiger partial charge on any atom is -0.481 e. The molecule has 0 spiro atoms. The zero-order valence-corrected chi connectivity index (χ0v) is 24.4. The summed E-state index contributed by atoms with van der Waals surface area (Å²) in [5.41, 5.74) is 3.13. The third kappa shape index (κ3) is 6.15. The van der Waals surface area contributed by atoms with Gasteiger partial charge in [0.15, 0.2) is 0 Å². The van der Waals surface area contributed by atoms with Crippen LogP contribution in [0.4, 0.5) is 5.69 Å². The monoisotopic (exact) mass is 606 g/mol. The van der Waals surface area contributed by atoms with E-state index in [1.54, 1.807) is 25.3 Å². The van der Waals surface area contributed by atoms with Gasteiger partial charge in [0, 0.05) is 61.1 Å². The number of aromatic nitrogens is 3. The summed E-state index contributed by atoms with van der Waals surface area (Å²) >= 11 is 13.7. The molecule has 3 N–H and O–H groups in total. The van der Waals surface area contributed by atoms with Crippen LogP contribution in [-0.2, 0) is 18.4 Å². The largest absolute Gasteiger partial charge is 0.481 e. The van der Waals surface area contributed by atoms with E-state index in [4.69, 9.17) is 32.9 Å². The number of anilines is 1. The molecule has 10 nitrogen and oxygen atoms in total. The van der Waals surface area contributed by atoms with Crippen LogP contribution in [0.25, 0.3) is 22.4 Å². The van der Waals surface area contributed by atoms with Crippen LogP contribution in [0.15, 0.2) is 65.6 Å². The first-order valence-electron chi connectivity index (χ1n) is 13.2. The molecule has 12 heteroatoms. The zero-order valence-electron chi connectivity index (χ0n) is 22.9. The molecule has 42 heavy (non-hydrogen) atoms. The Morgan fingerprint density at radius 1 is 1.05 bits per heavy atom. The number of carbonyl (C=O) groups is 2. The maximum absolute atomic E-state index is 12.8. The van der Waals surface area contributed by atoms with Gasteiger partial charge in [0.1, 0.15) is 5.56 Å². The molecule has 1 aliphatic rings. The number of halogens is 2. The third-order valence-electron chi connectivity index (χ3n) is 6.99. The van der Waals surface area contributed by atoms with Crippen molar-refractivity contribution in [2.75, 3.05) is 19.0 Å². The molecule has 2 aromatic carbocycles. The van der Waals surface area contributed by atoms with Crippen molar-refractivity contribution in [3.8, 4) is 28.3 Å². The summed E-state index contributed by atoms with van der Waals surface area (Å²) in [4.78, 5) is 41.3. The lowest BCUT2D eigenvalue weighted by atomic mass is 10.00. The standard InChI is InChI=1S/C30H28Cl2N6O4/c1-38-30(41)22(13-14-34-38)28(40)36-24-8-4-6-20(27(24)32)19-5-3-7-21(26(19)31)23-11-9-17(29(37-23)42-2)15-33-16-18-10-12-25(39)35-18/h3-9,11,13-14,18,33H,10,12,15-16H2,1-2H3,(H,35,39)(H,36,40)/t18-/m1/s1. The molecule has 0 unspecified atom stereocenters. The fourth-order valence-corrected chi connectivity index (χ4v) is 5.38. The second kappa shape index (κ2) is 12.7. The number of benzene rings is 2. The Kier molecular flexibility index (Phi) is 8.86. The van der Waals surface area contributed by atoms with Crippen LogP contribution in [0.2, 0.25) is 10.0 Å². The highest BCUT2D eigenvalue weighted by Gasteiger charge is 2.21. The van der Waals surface area contributed by atoms with Gasteiger partial charge in [0.05, 0.1) is 28.5 Å². The maximum Gasteiger partial charge on any atom is 0.279 e. The fraction of sp³-hybridized carbons (Fsp3) is 0.233. The number of hydrogen-bond donors (Lipinski definition) is 3. The zero-order chi connectivity index (χ0) is 29.8. The van der Waals surface area contributed by atoms with E-state index in [-0.39, 0.29) is 22.5 Å². The predicted molar refractivity (Wildman–Crippen MR) is 162 cm³/mol. The highest BCUT2D eigenvalue weighted by atomic mass is 35.5. The first-order valence-corrected chi connectivity index (χ1v) is 14.0. The van der Waals surface area contributed by atoms with Gasteiger partial charge < -0.3 is 20.7 Å². The van der Waals surface area contributed by atoms with Gasteiger partial charge in [-0.1, -0.05) is 59.6 Å². The van der Waals surface area contributed by atoms with Gasteiger partial charge in [-0.15, -0.1) is 0 Å². The van der Waals surface area contributed by atoms with E-state index in [2.05, 4.69) is 21.0 Å². The number of pyridine rings is 1. The van der Waals surface area contributed by atoms with Crippen LogP contribution in [0.5, 0.6) is 5.88 Å². The van der Waals surface area contributed by atoms with Gasteiger partial charge in [-0.2, -0.15) is 5.10 Å². The average molecular weight is 607 g/mol. The lowest BCUT2D eigenvalue weighted by Crippen LogP contribution is -2.35. The van der Waals surface area contributed by atoms with E-state index in [1.807, 2.05) is 30.3 Å². The number of ether oxygens (including phenoxy) is 1. The topological polar surface area (TPSA) is 127 Å². The van der Waals surface area contributed by atoms with E-state index in [9.17, 15) is 14.4 Å². The number of methoxy groups -OCH3 is 1. The highest BCUT2D eigenvalue weighted by Crippen LogP contribution is 2.41. The minimum atomic E-state index is -0.601. The summed E-state index contributed by atoms with van der Waals surface area (Å²) in [5.74, 6) is -0.0583. The Balaban J connectivity index is 1.38. The van der Waals surface area contributed by atoms with Crippen molar-refractivity contribution < 1.29 is 14.3 Å². The number of carbonyl (C=O) groups excluding carboxylic acids is 2. The second-order valence-electron chi connectivity index (χ2n) is 9.76. The Morgan fingerprint density at radius 3 is 2.52 bits per heavy atom. The van der Waals surface area contributed by atoms with E-state index in [0.717, 1.165) is 16.7 Å². The summed E-state index contributed by atoms with van der Waals surface area (Å²) in [5, 5.41) is 13.5. The van der Waals surface area contributed by atoms with E-state index < -0.39 is 11.5 Å². The molecule has 1 aliphatic heterocycles. The van der Waals surface area contributed by atoms with Gasteiger partial charge in [-0.25, -0.2) is 9.67 Å². The summed E-state index contributed by atoms with van der Waals surface area (Å²) in [6, 6.07) is 16.0. The maximum atomic E-state index is 12.8. The molecule has 1 saturated heterocycles. The number of nitrogens with one attached hydrogen (secondary N) is 3. The van der Waals surface area contributed by atoms with Crippen molar-refractivity contribution in [2.45, 2.75) is 25.4 Å². The molecular formula is C30H28Cl2N6O4. The smallest absolute Gasteiger partial charge is 0.279 e. The summed E-state index contributed by atoms with van der Waals surface area (Å²) in [7, 11) is 3.03. The number of rotatable bonds is 9. The number of hydrogen-bond acceptors (Lipinski definition) is 7. The molecule has 0 saturated carbocycles. The van der Waals surface area contributed by atoms with E-state index >= 15 is 0 Å². The molecule has 0 aliphatic carbocycles. The van der Waals surface area contributed by atoms with Crippen LogP contribution < -0.4 is 26.2 Å². The van der Waals surface area contributed by atoms with Crippen LogP contribution in [0, 0.1) is 0 Å². The Hall–Kier alpha value is -4.25. The second-order valence-corrected chi connectivity index (χ2v) is 10.5. The molecule has 2 aromatic heterocycles. The van der Waals surface area contributed by atoms with Crippen molar-refractivity contribution in [1.82, 2.24) is 25.4 Å². The van der Waals surface area contributed by atoms with Crippen molar-refractivity contribution >= 4 is 40.7 Å². The van der Waals surface area contributed by atoms with E-state index in [1.165, 1.54) is 19.3 Å². The molecule has 0 radical (unpaired) electrons. The van der Waals surface area contributed by atoms with Crippen LogP contribution in [0.3, 0.4) is 0 Å². The van der Waals surface area contributed by atoms with Crippen molar-refractivity contribution in [3.63, 3.8) is 0 Å². The highest BCUT2D eigenvalue weighted by molar-refractivity contribution is 6.39. The van der Waals surface area contributed by atoms with Crippen molar-refractivity contribution in [1.29, 1.82) is 0 Å². The van der Waals surface area contributed by atoms with Crippen molar-refractivity contribution in [3.05, 3.63) is 92.3 Å². The quantitative estimate of drug-likeness (QED) is 0.257. The molecule has 0 bridgehead atoms. The van der Waals surface area contributed by atoms with Gasteiger partial charge in [0.2, 0.25) is 11.8 Å². The Morgan fingerprint density at radius 2 is 1.79 bits per heavy atom. The average Bonchev–Trinajstić information content (AvgIpc) is 3.40. The lowest BCUT2D eigenvalue weighted by Gasteiger charge is -2.16. The first kappa shape index (κ1) is 29.2. The molecule has 5 rings (SSSR count). The Bertz CT molecular complexity index is 1720. The first-order chi connectivity index (χ1) is 20.3. The summed E-state index contributed by atoms with van der Waals surface area (Å²) in [6.07, 6.45) is 2.75. The van der Waals surface area contributed by atoms with Gasteiger partial charge in [-0.3, -0.25) is 14.4 Å².